The van der Waals surface area contributed by atoms with Gasteiger partial charge in [-0.3, -0.25) is 4.79 Å². The third-order valence-corrected chi connectivity index (χ3v) is 0. The van der Waals surface area contributed by atoms with E-state index in [2.05, 4.69) is 0 Å². The van der Waals surface area contributed by atoms with Crippen LogP contribution in [0.15, 0.2) is 0 Å². The summed E-state index contributed by atoms with van der Waals surface area (Å²) in [5, 5.41) is 7.42. The van der Waals surface area contributed by atoms with Crippen LogP contribution in [0, 0.1) is 0 Å². The molecule has 0 aromatic carbocycles. The zero-order chi connectivity index (χ0) is 6.28. The van der Waals surface area contributed by atoms with Gasteiger partial charge in [-0.25, -0.2) is 0 Å². The number of carboxylic acid groups (broad SMARTS) is 1. The first kappa shape index (κ1) is 15.8. The van der Waals surface area contributed by atoms with E-state index in [0.717, 1.165) is 6.92 Å². The summed E-state index contributed by atoms with van der Waals surface area (Å²) < 4.78 is 19.1. The maximum atomic E-state index is 9.56. The van der Waals surface area contributed by atoms with E-state index >= 15 is 0 Å². The monoisotopic (exact) mass is 214 g/mol. The summed E-state index contributed by atoms with van der Waals surface area (Å²) >= 11 is -1.38. The maximum Gasteiger partial charge on any atom is 0 e. The SMILES string of the molecule is CC(=O)O.[F][Ni][F].[Ni]. The van der Waals surface area contributed by atoms with E-state index in [0.29, 0.717) is 0 Å². The molecule has 1 N–H and O–H groups in total. The van der Waals surface area contributed by atoms with Crippen LogP contribution in [0.3, 0.4) is 0 Å². The molecular formula is C2H4F2Ni2O2. The van der Waals surface area contributed by atoms with Crippen molar-refractivity contribution in [3.05, 3.63) is 0 Å². The Kier molecular flexibility index (Phi) is 30.8. The van der Waals surface area contributed by atoms with E-state index in [1.165, 1.54) is 0 Å². The first-order chi connectivity index (χ1) is 3.15. The molecule has 0 amide bonds. The number of carbonyl (C=O) groups is 1. The van der Waals surface area contributed by atoms with Crippen molar-refractivity contribution in [1.82, 2.24) is 0 Å². The molecule has 6 heteroatoms. The molecule has 58 valence electrons. The van der Waals surface area contributed by atoms with Crippen LogP contribution >= 0.6 is 0 Å². The van der Waals surface area contributed by atoms with Crippen molar-refractivity contribution < 1.29 is 48.9 Å². The van der Waals surface area contributed by atoms with Crippen LogP contribution in [0.25, 0.3) is 0 Å². The van der Waals surface area contributed by atoms with Crippen LogP contribution in [0.4, 0.5) is 7.21 Å². The van der Waals surface area contributed by atoms with Crippen molar-refractivity contribution in [1.29, 1.82) is 0 Å². The number of aliphatic carboxylic acids is 1. The second-order valence-corrected chi connectivity index (χ2v) is 0.705. The molecule has 0 spiro atoms. The zero-order valence-electron chi connectivity index (χ0n) is 3.74. The van der Waals surface area contributed by atoms with E-state index in [1.54, 1.807) is 0 Å². The molecule has 0 saturated heterocycles. The topological polar surface area (TPSA) is 37.3 Å². The van der Waals surface area contributed by atoms with Gasteiger partial charge in [-0.1, -0.05) is 0 Å². The van der Waals surface area contributed by atoms with E-state index in [1.807, 2.05) is 0 Å². The molecule has 0 aliphatic rings. The second kappa shape index (κ2) is 15.7. The fraction of sp³-hybridized carbons (Fsp3) is 0.500. The Morgan fingerprint density at radius 3 is 1.62 bits per heavy atom. The molecule has 0 unspecified atom stereocenters. The van der Waals surface area contributed by atoms with Gasteiger partial charge in [-0.15, -0.1) is 0 Å². The van der Waals surface area contributed by atoms with Gasteiger partial charge in [0.25, 0.3) is 5.97 Å². The fourth-order valence-electron chi connectivity index (χ4n) is 0. The average Bonchev–Trinajstić information content (AvgIpc) is 1.33. The molecule has 0 rings (SSSR count). The molecular weight excluding hydrogens is 211 g/mol. The van der Waals surface area contributed by atoms with Crippen molar-refractivity contribution >= 4 is 5.97 Å². The molecule has 0 aliphatic carbocycles. The van der Waals surface area contributed by atoms with Crippen LogP contribution in [0.1, 0.15) is 6.92 Å². The van der Waals surface area contributed by atoms with Crippen LogP contribution < -0.4 is 0 Å². The van der Waals surface area contributed by atoms with Crippen molar-refractivity contribution in [2.45, 2.75) is 6.92 Å². The van der Waals surface area contributed by atoms with Gasteiger partial charge < -0.3 is 5.11 Å². The van der Waals surface area contributed by atoms with Gasteiger partial charge in [0, 0.05) is 23.4 Å². The van der Waals surface area contributed by atoms with Crippen LogP contribution in [-0.4, -0.2) is 11.1 Å². The van der Waals surface area contributed by atoms with Crippen molar-refractivity contribution in [3.63, 3.8) is 0 Å². The Morgan fingerprint density at radius 2 is 1.62 bits per heavy atom. The van der Waals surface area contributed by atoms with Crippen LogP contribution in [0.2, 0.25) is 0 Å². The first-order valence-electron chi connectivity index (χ1n) is 1.17. The van der Waals surface area contributed by atoms with Gasteiger partial charge in [0.2, 0.25) is 0 Å². The predicted molar refractivity (Wildman–Crippen MR) is 15.5 cm³/mol. The predicted octanol–water partition coefficient (Wildman–Crippen LogP) is 0.926. The van der Waals surface area contributed by atoms with Gasteiger partial charge in [-0.05, 0) is 0 Å². The Labute approximate surface area is 62.3 Å². The Bertz CT molecular complexity index is 47.3. The molecule has 8 heavy (non-hydrogen) atoms. The summed E-state index contributed by atoms with van der Waals surface area (Å²) in [5.74, 6) is -0.833. The number of halogens is 2. The number of carboxylic acids is 1. The van der Waals surface area contributed by atoms with Gasteiger partial charge >= 0.3 is 22.5 Å². The molecule has 2 nitrogen and oxygen atoms in total. The largest absolute Gasteiger partial charge is 0 e. The number of hydrogen-bond donors (Lipinski definition) is 1. The molecule has 0 saturated carbocycles. The normalized spacial score (nSPS) is 5.88. The summed E-state index contributed by atoms with van der Waals surface area (Å²) in [6.45, 7) is 1.08. The zero-order valence-corrected chi connectivity index (χ0v) is 5.72. The number of hydrogen-bond acceptors (Lipinski definition) is 1. The minimum Gasteiger partial charge on any atom is 0 e. The maximum absolute atomic E-state index is 9.56. The van der Waals surface area contributed by atoms with Crippen molar-refractivity contribution in [2.24, 2.45) is 0 Å². The standard InChI is InChI=1S/C2H4O2.2FH.2Ni/c1-2(3)4;;;;/h1H3,(H,3,4);2*1H;;/q;;;;+2/p-2. The third-order valence-electron chi connectivity index (χ3n) is 0. The summed E-state index contributed by atoms with van der Waals surface area (Å²) in [5.41, 5.74) is 0. The van der Waals surface area contributed by atoms with Gasteiger partial charge in [0.15, 0.2) is 0 Å². The van der Waals surface area contributed by atoms with Crippen LogP contribution in [0.5, 0.6) is 0 Å². The quantitative estimate of drug-likeness (QED) is 0.610. The van der Waals surface area contributed by atoms with E-state index < -0.39 is 21.3 Å². The van der Waals surface area contributed by atoms with Crippen LogP contribution in [-0.2, 0) is 36.6 Å². The van der Waals surface area contributed by atoms with Gasteiger partial charge in [0.1, 0.15) is 0 Å². The summed E-state index contributed by atoms with van der Waals surface area (Å²) in [6.07, 6.45) is 0. The minimum atomic E-state index is -1.38. The summed E-state index contributed by atoms with van der Waals surface area (Å²) in [4.78, 5) is 9.00. The number of rotatable bonds is 0. The molecule has 0 aromatic heterocycles. The molecule has 0 aromatic rings. The van der Waals surface area contributed by atoms with Gasteiger partial charge in [-0.2, -0.15) is 0 Å². The molecule has 0 aliphatic heterocycles. The smallest absolute Gasteiger partial charge is 0 e. The van der Waals surface area contributed by atoms with Crippen molar-refractivity contribution in [3.8, 4) is 0 Å². The minimum absolute atomic E-state index is 0. The first-order valence-corrected chi connectivity index (χ1v) is 1.91. The molecule has 0 bridgehead atoms. The average molecular weight is 215 g/mol. The van der Waals surface area contributed by atoms with Crippen molar-refractivity contribution in [2.75, 3.05) is 0 Å². The second-order valence-electron chi connectivity index (χ2n) is 0.564. The summed E-state index contributed by atoms with van der Waals surface area (Å²) in [6, 6.07) is 0. The van der Waals surface area contributed by atoms with E-state index in [9.17, 15) is 7.21 Å². The molecule has 0 atom stereocenters. The van der Waals surface area contributed by atoms with E-state index in [4.69, 9.17) is 9.90 Å². The third kappa shape index (κ3) is 1780. The van der Waals surface area contributed by atoms with Gasteiger partial charge in [0.05, 0.1) is 0 Å². The molecule has 0 heterocycles. The molecule has 0 fully saturated rings. The summed E-state index contributed by atoms with van der Waals surface area (Å²) in [7, 11) is 0. The Balaban J connectivity index is -0.0000000575. The van der Waals surface area contributed by atoms with E-state index in [-0.39, 0.29) is 16.5 Å². The Hall–Kier alpha value is 0.317. The Morgan fingerprint density at radius 1 is 1.62 bits per heavy atom. The fourth-order valence-corrected chi connectivity index (χ4v) is 0. The molecule has 0 radical (unpaired) electrons.